The van der Waals surface area contributed by atoms with E-state index in [4.69, 9.17) is 0 Å². The first-order valence-corrected chi connectivity index (χ1v) is 9.36. The molecule has 0 bridgehead atoms. The fourth-order valence-electron chi connectivity index (χ4n) is 3.06. The monoisotopic (exact) mass is 322 g/mol. The van der Waals surface area contributed by atoms with Crippen LogP contribution in [0.4, 0.5) is 0 Å². The van der Waals surface area contributed by atoms with E-state index in [0.29, 0.717) is 17.7 Å². The number of amides is 1. The maximum Gasteiger partial charge on any atom is 0.233 e. The van der Waals surface area contributed by atoms with Crippen molar-refractivity contribution in [3.63, 3.8) is 0 Å². The summed E-state index contributed by atoms with van der Waals surface area (Å²) in [5, 5.41) is 9.70. The quantitative estimate of drug-likeness (QED) is 0.723. The Balaban J connectivity index is 1.67. The number of hydrogen-bond donors (Lipinski definition) is 0. The zero-order valence-corrected chi connectivity index (χ0v) is 14.8. The number of nitrogens with zero attached hydrogens (tertiary/aromatic N) is 4. The van der Waals surface area contributed by atoms with Crippen molar-refractivity contribution in [2.45, 2.75) is 82.6 Å². The molecule has 6 heteroatoms. The molecule has 5 nitrogen and oxygen atoms in total. The summed E-state index contributed by atoms with van der Waals surface area (Å²) in [5.41, 5.74) is 0. The SMILES string of the molecule is CC(C)N(C(=O)CSc1nnc(C2CC2)n1C1CC1)C(C)C. The van der Waals surface area contributed by atoms with Gasteiger partial charge in [0, 0.05) is 24.0 Å². The summed E-state index contributed by atoms with van der Waals surface area (Å²) in [4.78, 5) is 14.4. The van der Waals surface area contributed by atoms with Crippen LogP contribution in [-0.4, -0.2) is 43.4 Å². The molecule has 22 heavy (non-hydrogen) atoms. The number of thioether (sulfide) groups is 1. The van der Waals surface area contributed by atoms with Gasteiger partial charge in [0.05, 0.1) is 5.75 Å². The number of carbonyl (C=O) groups is 1. The van der Waals surface area contributed by atoms with Crippen molar-refractivity contribution in [1.82, 2.24) is 19.7 Å². The van der Waals surface area contributed by atoms with Crippen molar-refractivity contribution in [2.75, 3.05) is 5.75 Å². The van der Waals surface area contributed by atoms with E-state index in [1.807, 2.05) is 4.90 Å². The van der Waals surface area contributed by atoms with Crippen LogP contribution in [0.25, 0.3) is 0 Å². The lowest BCUT2D eigenvalue weighted by atomic mass is 10.2. The molecule has 0 saturated heterocycles. The normalized spacial score (nSPS) is 18.3. The lowest BCUT2D eigenvalue weighted by Gasteiger charge is -2.30. The van der Waals surface area contributed by atoms with Crippen molar-refractivity contribution in [1.29, 1.82) is 0 Å². The van der Waals surface area contributed by atoms with E-state index < -0.39 is 0 Å². The van der Waals surface area contributed by atoms with Crippen LogP contribution < -0.4 is 0 Å². The van der Waals surface area contributed by atoms with E-state index in [1.165, 1.54) is 25.7 Å². The second-order valence-electron chi connectivity index (χ2n) is 6.99. The summed E-state index contributed by atoms with van der Waals surface area (Å²) < 4.78 is 2.31. The van der Waals surface area contributed by atoms with Crippen molar-refractivity contribution in [2.24, 2.45) is 0 Å². The molecule has 0 radical (unpaired) electrons. The van der Waals surface area contributed by atoms with Crippen molar-refractivity contribution < 1.29 is 4.79 Å². The minimum Gasteiger partial charge on any atom is -0.337 e. The third kappa shape index (κ3) is 3.31. The van der Waals surface area contributed by atoms with Gasteiger partial charge in [-0.2, -0.15) is 0 Å². The van der Waals surface area contributed by atoms with E-state index in [1.54, 1.807) is 11.8 Å². The Morgan fingerprint density at radius 1 is 1.18 bits per heavy atom. The second kappa shape index (κ2) is 6.22. The van der Waals surface area contributed by atoms with Gasteiger partial charge in [-0.3, -0.25) is 4.79 Å². The molecule has 0 unspecified atom stereocenters. The van der Waals surface area contributed by atoms with Crippen LogP contribution >= 0.6 is 11.8 Å². The summed E-state index contributed by atoms with van der Waals surface area (Å²) in [5.74, 6) is 2.41. The molecule has 3 rings (SSSR count). The number of carbonyl (C=O) groups excluding carboxylic acids is 1. The molecule has 1 heterocycles. The molecule has 0 atom stereocenters. The molecule has 2 aliphatic carbocycles. The second-order valence-corrected chi connectivity index (χ2v) is 7.94. The standard InChI is InChI=1S/C16H26N4OS/c1-10(2)19(11(3)4)14(21)9-22-16-18-17-15(12-5-6-12)20(16)13-7-8-13/h10-13H,5-9H2,1-4H3. The molecule has 0 spiro atoms. The molecule has 2 fully saturated rings. The third-order valence-corrected chi connectivity index (χ3v) is 5.20. The first-order chi connectivity index (χ1) is 10.5. The fourth-order valence-corrected chi connectivity index (χ4v) is 3.94. The van der Waals surface area contributed by atoms with Gasteiger partial charge in [0.15, 0.2) is 5.16 Å². The molecule has 0 aromatic carbocycles. The molecule has 0 N–H and O–H groups in total. The molecule has 2 saturated carbocycles. The summed E-state index contributed by atoms with van der Waals surface area (Å²) in [7, 11) is 0. The zero-order valence-electron chi connectivity index (χ0n) is 14.0. The molecular formula is C16H26N4OS. The van der Waals surface area contributed by atoms with Crippen LogP contribution in [-0.2, 0) is 4.79 Å². The van der Waals surface area contributed by atoms with Crippen LogP contribution in [0.3, 0.4) is 0 Å². The minimum atomic E-state index is 0.188. The minimum absolute atomic E-state index is 0.188. The van der Waals surface area contributed by atoms with Gasteiger partial charge in [-0.15, -0.1) is 10.2 Å². The Morgan fingerprint density at radius 2 is 1.82 bits per heavy atom. The lowest BCUT2D eigenvalue weighted by molar-refractivity contribution is -0.131. The van der Waals surface area contributed by atoms with Crippen molar-refractivity contribution in [3.8, 4) is 0 Å². The van der Waals surface area contributed by atoms with Gasteiger partial charge < -0.3 is 9.47 Å². The van der Waals surface area contributed by atoms with Gasteiger partial charge in [0.25, 0.3) is 0 Å². The van der Waals surface area contributed by atoms with Crippen molar-refractivity contribution in [3.05, 3.63) is 5.82 Å². The molecule has 1 aromatic heterocycles. The Labute approximate surface area is 136 Å². The highest BCUT2D eigenvalue weighted by Gasteiger charge is 2.36. The van der Waals surface area contributed by atoms with Crippen LogP contribution in [0.15, 0.2) is 5.16 Å². The summed E-state index contributed by atoms with van der Waals surface area (Å²) in [6.07, 6.45) is 4.93. The van der Waals surface area contributed by atoms with Crippen LogP contribution in [0.2, 0.25) is 0 Å². The largest absolute Gasteiger partial charge is 0.337 e. The highest BCUT2D eigenvalue weighted by molar-refractivity contribution is 7.99. The van der Waals surface area contributed by atoms with Gasteiger partial charge in [0.2, 0.25) is 5.91 Å². The Bertz CT molecular complexity index is 538. The highest BCUT2D eigenvalue weighted by atomic mass is 32.2. The third-order valence-electron chi connectivity index (χ3n) is 4.27. The molecule has 2 aliphatic rings. The lowest BCUT2D eigenvalue weighted by Crippen LogP contribution is -2.43. The van der Waals surface area contributed by atoms with E-state index in [9.17, 15) is 4.79 Å². The van der Waals surface area contributed by atoms with Gasteiger partial charge in [-0.25, -0.2) is 0 Å². The maximum absolute atomic E-state index is 12.5. The summed E-state index contributed by atoms with van der Waals surface area (Å²) in [6, 6.07) is 1.04. The molecule has 0 aliphatic heterocycles. The van der Waals surface area contributed by atoms with Gasteiger partial charge in [0.1, 0.15) is 5.82 Å². The number of rotatable bonds is 7. The predicted octanol–water partition coefficient (Wildman–Crippen LogP) is 3.23. The first-order valence-electron chi connectivity index (χ1n) is 8.37. The Kier molecular flexibility index (Phi) is 4.48. The van der Waals surface area contributed by atoms with Crippen LogP contribution in [0.1, 0.15) is 71.2 Å². The first kappa shape index (κ1) is 15.8. The Morgan fingerprint density at radius 3 is 2.32 bits per heavy atom. The average Bonchev–Trinajstić information content (AvgIpc) is 3.34. The van der Waals surface area contributed by atoms with Crippen molar-refractivity contribution >= 4 is 17.7 Å². The highest BCUT2D eigenvalue weighted by Crippen LogP contribution is 2.45. The average molecular weight is 322 g/mol. The zero-order chi connectivity index (χ0) is 15.9. The maximum atomic E-state index is 12.5. The Hall–Kier alpha value is -1.04. The number of aromatic nitrogens is 3. The summed E-state index contributed by atoms with van der Waals surface area (Å²) >= 11 is 1.55. The van der Waals surface area contributed by atoms with E-state index in [0.717, 1.165) is 11.0 Å². The smallest absolute Gasteiger partial charge is 0.233 e. The van der Waals surface area contributed by atoms with E-state index in [2.05, 4.69) is 42.5 Å². The fraction of sp³-hybridized carbons (Fsp3) is 0.812. The molecular weight excluding hydrogens is 296 g/mol. The summed E-state index contributed by atoms with van der Waals surface area (Å²) in [6.45, 7) is 8.28. The topological polar surface area (TPSA) is 51.0 Å². The molecule has 1 aromatic rings. The molecule has 1 amide bonds. The van der Waals surface area contributed by atoms with Gasteiger partial charge in [-0.1, -0.05) is 11.8 Å². The number of hydrogen-bond acceptors (Lipinski definition) is 4. The van der Waals surface area contributed by atoms with E-state index in [-0.39, 0.29) is 18.0 Å². The van der Waals surface area contributed by atoms with E-state index >= 15 is 0 Å². The van der Waals surface area contributed by atoms with Gasteiger partial charge >= 0.3 is 0 Å². The van der Waals surface area contributed by atoms with Crippen LogP contribution in [0.5, 0.6) is 0 Å². The van der Waals surface area contributed by atoms with Gasteiger partial charge in [-0.05, 0) is 53.4 Å². The predicted molar refractivity (Wildman–Crippen MR) is 88.1 cm³/mol. The molecule has 122 valence electrons. The van der Waals surface area contributed by atoms with Crippen LogP contribution in [0, 0.1) is 0 Å².